The summed E-state index contributed by atoms with van der Waals surface area (Å²) in [6.07, 6.45) is 1.48. The molecule has 0 aliphatic rings. The highest BCUT2D eigenvalue weighted by Gasteiger charge is 2.27. The molecule has 0 saturated carbocycles. The lowest BCUT2D eigenvalue weighted by Crippen LogP contribution is -2.39. The molecule has 1 N–H and O–H groups in total. The number of halogens is 1. The number of anilines is 1. The number of nitrogens with zero attached hydrogens (tertiary/aromatic N) is 2. The fraction of sp³-hybridized carbons (Fsp3) is 0.133. The number of carbonyl (C=O) groups is 1. The van der Waals surface area contributed by atoms with Crippen molar-refractivity contribution in [2.24, 2.45) is 5.10 Å². The summed E-state index contributed by atoms with van der Waals surface area (Å²) in [5, 5.41) is 4.66. The van der Waals surface area contributed by atoms with Gasteiger partial charge in [0.15, 0.2) is 0 Å². The molecular weight excluding hydrogens is 534 g/mol. The van der Waals surface area contributed by atoms with Gasteiger partial charge in [-0.2, -0.15) is 5.10 Å². The van der Waals surface area contributed by atoms with E-state index in [1.54, 1.807) is 60.7 Å². The number of hydrazone groups is 1. The number of benzene rings is 4. The van der Waals surface area contributed by atoms with E-state index in [-0.39, 0.29) is 4.90 Å². The molecule has 0 fully saturated rings. The van der Waals surface area contributed by atoms with E-state index in [1.165, 1.54) is 18.3 Å². The third kappa shape index (κ3) is 7.69. The van der Waals surface area contributed by atoms with Crippen molar-refractivity contribution in [2.45, 2.75) is 25.3 Å². The molecule has 4 aromatic carbocycles. The Bertz CT molecular complexity index is 1550. The topological polar surface area (TPSA) is 88.1 Å². The first kappa shape index (κ1) is 27.9. The molecule has 0 aliphatic heterocycles. The molecule has 7 nitrogen and oxygen atoms in total. The SMILES string of the molecule is Cc1cc(C)cc(N(CC(=O)N/N=C\c2ccc(OCc3cccc(Cl)c3)cc2)S(=O)(=O)c2ccccc2)c1. The molecular formula is C30H28ClN3O4S. The molecule has 39 heavy (non-hydrogen) atoms. The zero-order valence-corrected chi connectivity index (χ0v) is 23.1. The summed E-state index contributed by atoms with van der Waals surface area (Å²) in [5.74, 6) is 0.0951. The van der Waals surface area contributed by atoms with Gasteiger partial charge in [-0.3, -0.25) is 9.10 Å². The summed E-state index contributed by atoms with van der Waals surface area (Å²) >= 11 is 6.01. The fourth-order valence-electron chi connectivity index (χ4n) is 3.92. The third-order valence-electron chi connectivity index (χ3n) is 5.69. The van der Waals surface area contributed by atoms with Crippen LogP contribution in [0, 0.1) is 13.8 Å². The van der Waals surface area contributed by atoms with Gasteiger partial charge >= 0.3 is 0 Å². The summed E-state index contributed by atoms with van der Waals surface area (Å²) in [4.78, 5) is 12.9. The average molecular weight is 562 g/mol. The Kier molecular flexibility index (Phi) is 9.01. The zero-order valence-electron chi connectivity index (χ0n) is 21.5. The van der Waals surface area contributed by atoms with E-state index in [4.69, 9.17) is 16.3 Å². The number of amides is 1. The van der Waals surface area contributed by atoms with Gasteiger partial charge < -0.3 is 4.74 Å². The second kappa shape index (κ2) is 12.6. The second-order valence-corrected chi connectivity index (χ2v) is 11.3. The van der Waals surface area contributed by atoms with Gasteiger partial charge in [-0.05, 0) is 96.8 Å². The van der Waals surface area contributed by atoms with Crippen LogP contribution in [-0.4, -0.2) is 27.1 Å². The molecule has 0 aliphatic carbocycles. The number of hydrogen-bond donors (Lipinski definition) is 1. The normalized spacial score (nSPS) is 11.4. The van der Waals surface area contributed by atoms with Crippen LogP contribution in [0.15, 0.2) is 107 Å². The molecule has 1 amide bonds. The van der Waals surface area contributed by atoms with E-state index in [0.717, 1.165) is 26.6 Å². The summed E-state index contributed by atoms with van der Waals surface area (Å²) in [5.41, 5.74) is 6.30. The molecule has 4 aromatic rings. The average Bonchev–Trinajstić information content (AvgIpc) is 2.91. The minimum absolute atomic E-state index is 0.0955. The van der Waals surface area contributed by atoms with Crippen LogP contribution in [0.25, 0.3) is 0 Å². The van der Waals surface area contributed by atoms with Crippen LogP contribution in [0.5, 0.6) is 5.75 Å². The Morgan fingerprint density at radius 1 is 0.923 bits per heavy atom. The van der Waals surface area contributed by atoms with Crippen LogP contribution in [0.1, 0.15) is 22.3 Å². The van der Waals surface area contributed by atoms with Crippen molar-refractivity contribution in [1.29, 1.82) is 0 Å². The van der Waals surface area contributed by atoms with Crippen molar-refractivity contribution in [2.75, 3.05) is 10.8 Å². The van der Waals surface area contributed by atoms with Crippen molar-refractivity contribution >= 4 is 39.4 Å². The van der Waals surface area contributed by atoms with Crippen molar-refractivity contribution in [1.82, 2.24) is 5.43 Å². The Hall–Kier alpha value is -4.14. The van der Waals surface area contributed by atoms with Gasteiger partial charge in [-0.15, -0.1) is 0 Å². The third-order valence-corrected chi connectivity index (χ3v) is 7.71. The van der Waals surface area contributed by atoms with Gasteiger partial charge in [0.2, 0.25) is 0 Å². The lowest BCUT2D eigenvalue weighted by molar-refractivity contribution is -0.119. The molecule has 0 bridgehead atoms. The monoisotopic (exact) mass is 561 g/mol. The summed E-state index contributed by atoms with van der Waals surface area (Å²) < 4.78 is 33.8. The number of rotatable bonds is 10. The van der Waals surface area contributed by atoms with Crippen LogP contribution in [0.4, 0.5) is 5.69 Å². The standard InChI is InChI=1S/C30H28ClN3O4S/c1-22-15-23(2)17-27(16-22)34(39(36,37)29-9-4-3-5-10-29)20-30(35)33-32-19-24-11-13-28(14-12-24)38-21-25-7-6-8-26(31)18-25/h3-19H,20-21H2,1-2H3,(H,33,35)/b32-19-. The Labute approximate surface area is 233 Å². The van der Waals surface area contributed by atoms with Gasteiger partial charge in [0.25, 0.3) is 15.9 Å². The molecule has 4 rings (SSSR count). The number of aryl methyl sites for hydroxylation is 2. The first-order chi connectivity index (χ1) is 18.7. The van der Waals surface area contributed by atoms with E-state index in [0.29, 0.717) is 23.1 Å². The van der Waals surface area contributed by atoms with Gasteiger partial charge in [-0.25, -0.2) is 13.8 Å². The number of carbonyl (C=O) groups excluding carboxylic acids is 1. The molecule has 0 atom stereocenters. The second-order valence-electron chi connectivity index (χ2n) is 8.95. The summed E-state index contributed by atoms with van der Waals surface area (Å²) in [7, 11) is -3.99. The highest BCUT2D eigenvalue weighted by Crippen LogP contribution is 2.25. The zero-order chi connectivity index (χ0) is 27.8. The Morgan fingerprint density at radius 3 is 2.28 bits per heavy atom. The fourth-order valence-corrected chi connectivity index (χ4v) is 5.56. The maximum Gasteiger partial charge on any atom is 0.264 e. The lowest BCUT2D eigenvalue weighted by atomic mass is 10.1. The van der Waals surface area contributed by atoms with E-state index >= 15 is 0 Å². The van der Waals surface area contributed by atoms with Crippen molar-refractivity contribution < 1.29 is 17.9 Å². The largest absolute Gasteiger partial charge is 0.489 e. The smallest absolute Gasteiger partial charge is 0.264 e. The molecule has 0 unspecified atom stereocenters. The first-order valence-electron chi connectivity index (χ1n) is 12.2. The van der Waals surface area contributed by atoms with Crippen LogP contribution in [0.2, 0.25) is 5.02 Å². The number of ether oxygens (including phenoxy) is 1. The van der Waals surface area contributed by atoms with Crippen LogP contribution in [-0.2, 0) is 21.4 Å². The molecule has 9 heteroatoms. The molecule has 0 aromatic heterocycles. The predicted molar refractivity (Wildman–Crippen MR) is 155 cm³/mol. The van der Waals surface area contributed by atoms with Crippen molar-refractivity contribution in [3.63, 3.8) is 0 Å². The first-order valence-corrected chi connectivity index (χ1v) is 14.0. The van der Waals surface area contributed by atoms with E-state index in [9.17, 15) is 13.2 Å². The van der Waals surface area contributed by atoms with Gasteiger partial charge in [0.1, 0.15) is 18.9 Å². The lowest BCUT2D eigenvalue weighted by Gasteiger charge is -2.24. The maximum atomic E-state index is 13.5. The Morgan fingerprint density at radius 2 is 1.62 bits per heavy atom. The maximum absolute atomic E-state index is 13.5. The van der Waals surface area contributed by atoms with Crippen LogP contribution < -0.4 is 14.5 Å². The van der Waals surface area contributed by atoms with Crippen LogP contribution in [0.3, 0.4) is 0 Å². The molecule has 0 heterocycles. The van der Waals surface area contributed by atoms with Crippen molar-refractivity contribution in [3.05, 3.63) is 124 Å². The molecule has 200 valence electrons. The van der Waals surface area contributed by atoms with Gasteiger partial charge in [0.05, 0.1) is 16.8 Å². The summed E-state index contributed by atoms with van der Waals surface area (Å²) in [6, 6.07) is 28.1. The Balaban J connectivity index is 1.42. The number of sulfonamides is 1. The summed E-state index contributed by atoms with van der Waals surface area (Å²) in [6.45, 7) is 3.70. The molecule has 0 saturated heterocycles. The number of hydrogen-bond acceptors (Lipinski definition) is 5. The van der Waals surface area contributed by atoms with Crippen LogP contribution >= 0.6 is 11.6 Å². The number of nitrogens with one attached hydrogen (secondary N) is 1. The minimum atomic E-state index is -3.99. The quantitative estimate of drug-likeness (QED) is 0.193. The highest BCUT2D eigenvalue weighted by atomic mass is 35.5. The molecule has 0 spiro atoms. The van der Waals surface area contributed by atoms with Crippen molar-refractivity contribution in [3.8, 4) is 5.75 Å². The van der Waals surface area contributed by atoms with Gasteiger partial charge in [-0.1, -0.05) is 48.0 Å². The highest BCUT2D eigenvalue weighted by molar-refractivity contribution is 7.92. The molecule has 0 radical (unpaired) electrons. The van der Waals surface area contributed by atoms with E-state index in [1.807, 2.05) is 38.1 Å². The van der Waals surface area contributed by atoms with E-state index in [2.05, 4.69) is 10.5 Å². The predicted octanol–water partition coefficient (Wildman–Crippen LogP) is 5.88. The minimum Gasteiger partial charge on any atom is -0.489 e. The van der Waals surface area contributed by atoms with Gasteiger partial charge in [0, 0.05) is 5.02 Å². The van der Waals surface area contributed by atoms with E-state index < -0.39 is 22.5 Å².